The van der Waals surface area contributed by atoms with Gasteiger partial charge in [0, 0.05) is 17.0 Å². The van der Waals surface area contributed by atoms with Gasteiger partial charge in [0.25, 0.3) is 0 Å². The number of hydrogen-bond acceptors (Lipinski definition) is 2. The Kier molecular flexibility index (Phi) is 4.70. The van der Waals surface area contributed by atoms with Gasteiger partial charge in [0.2, 0.25) is 0 Å². The molecule has 0 saturated heterocycles. The number of carbonyl (C=O) groups is 1. The van der Waals surface area contributed by atoms with Crippen LogP contribution >= 0.6 is 0 Å². The summed E-state index contributed by atoms with van der Waals surface area (Å²) >= 11 is 0. The van der Waals surface area contributed by atoms with Crippen LogP contribution in [0.4, 0.5) is 0 Å². The van der Waals surface area contributed by atoms with Gasteiger partial charge in [-0.15, -0.1) is 0 Å². The Balaban J connectivity index is 2.49. The Hall–Kier alpha value is -2.06. The maximum atomic E-state index is 10.4. The predicted octanol–water partition coefficient (Wildman–Crippen LogP) is 3.21. The second-order valence-corrected chi connectivity index (χ2v) is 2.93. The maximum absolute atomic E-state index is 10.4. The van der Waals surface area contributed by atoms with E-state index < -0.39 is 0 Å². The molecular weight excluding hydrogens is 190 g/mol. The summed E-state index contributed by atoms with van der Waals surface area (Å²) in [4.78, 5) is 13.0. The molecule has 0 N–H and O–H groups in total. The van der Waals surface area contributed by atoms with E-state index in [1.165, 1.54) is 0 Å². The first-order chi connectivity index (χ1) is 7.36. The molecule has 0 spiro atoms. The summed E-state index contributed by atoms with van der Waals surface area (Å²) in [5.41, 5.74) is 9.74. The molecule has 4 nitrogen and oxygen atoms in total. The first-order valence-corrected chi connectivity index (χ1v) is 4.59. The molecule has 15 heavy (non-hydrogen) atoms. The van der Waals surface area contributed by atoms with Gasteiger partial charge < -0.3 is 0 Å². The highest BCUT2D eigenvalue weighted by Crippen LogP contribution is 2.05. The van der Waals surface area contributed by atoms with Gasteiger partial charge in [-0.25, -0.2) is 0 Å². The van der Waals surface area contributed by atoms with Gasteiger partial charge in [0.05, 0.1) is 0 Å². The molecule has 0 radical (unpaired) electrons. The highest BCUT2D eigenvalue weighted by molar-refractivity contribution is 5.75. The van der Waals surface area contributed by atoms with Crippen LogP contribution in [-0.4, -0.2) is 12.8 Å². The van der Waals surface area contributed by atoms with Crippen LogP contribution in [0.15, 0.2) is 35.5 Å². The van der Waals surface area contributed by atoms with Crippen LogP contribution in [0, 0.1) is 0 Å². The Labute approximate surface area is 87.9 Å². The minimum absolute atomic E-state index is 0.472. The number of rotatable bonds is 5. The van der Waals surface area contributed by atoms with Crippen LogP contribution in [0.5, 0.6) is 0 Å². The molecule has 1 rings (SSSR count). The van der Waals surface area contributed by atoms with E-state index in [9.17, 15) is 4.79 Å². The third-order valence-corrected chi connectivity index (χ3v) is 1.84. The first kappa shape index (κ1) is 11.0. The number of carbonyl (C=O) groups excluding carboxylic acids is 1. The summed E-state index contributed by atoms with van der Waals surface area (Å²) in [5, 5.41) is 3.41. The van der Waals surface area contributed by atoms with Gasteiger partial charge in [-0.2, -0.15) is 0 Å². The highest BCUT2D eigenvalue weighted by Gasteiger charge is 1.88. The van der Waals surface area contributed by atoms with Gasteiger partial charge in [-0.05, 0) is 17.5 Å². The van der Waals surface area contributed by atoms with Crippen molar-refractivity contribution >= 4 is 12.4 Å². The van der Waals surface area contributed by atoms with Crippen molar-refractivity contribution in [2.75, 3.05) is 6.54 Å². The second-order valence-electron chi connectivity index (χ2n) is 2.93. The zero-order valence-electron chi connectivity index (χ0n) is 8.21. The molecule has 76 valence electrons. The van der Waals surface area contributed by atoms with E-state index in [4.69, 9.17) is 5.53 Å². The number of benzene rings is 1. The average molecular weight is 201 g/mol. The fourth-order valence-corrected chi connectivity index (χ4v) is 1.08. The van der Waals surface area contributed by atoms with E-state index in [1.54, 1.807) is 12.1 Å². The standard InChI is InChI=1S/C11H11N3O/c12-14-13-8-2-1-3-10-4-6-11(9-15)7-5-10/h1,3-7,9H,2,8H2. The predicted molar refractivity (Wildman–Crippen MR) is 59.5 cm³/mol. The Bertz CT molecular complexity index is 389. The van der Waals surface area contributed by atoms with E-state index in [-0.39, 0.29) is 0 Å². The van der Waals surface area contributed by atoms with Gasteiger partial charge >= 0.3 is 0 Å². The summed E-state index contributed by atoms with van der Waals surface area (Å²) in [6.07, 6.45) is 5.40. The number of nitrogens with zero attached hydrogens (tertiary/aromatic N) is 3. The fraction of sp³-hybridized carbons (Fsp3) is 0.182. The summed E-state index contributed by atoms with van der Waals surface area (Å²) in [7, 11) is 0. The van der Waals surface area contributed by atoms with E-state index in [1.807, 2.05) is 24.3 Å². The normalized spacial score (nSPS) is 9.87. The Morgan fingerprint density at radius 2 is 1.93 bits per heavy atom. The molecule has 0 aliphatic carbocycles. The highest BCUT2D eigenvalue weighted by atomic mass is 16.1. The molecule has 0 heterocycles. The smallest absolute Gasteiger partial charge is 0.150 e. The quantitative estimate of drug-likeness (QED) is 0.237. The minimum atomic E-state index is 0.472. The van der Waals surface area contributed by atoms with Gasteiger partial charge in [-0.1, -0.05) is 41.5 Å². The van der Waals surface area contributed by atoms with Gasteiger partial charge in [0.1, 0.15) is 6.29 Å². The molecule has 0 aliphatic heterocycles. The molecule has 0 unspecified atom stereocenters. The second kappa shape index (κ2) is 6.40. The zero-order chi connectivity index (χ0) is 10.9. The van der Waals surface area contributed by atoms with Crippen molar-refractivity contribution in [3.8, 4) is 0 Å². The van der Waals surface area contributed by atoms with Crippen molar-refractivity contribution in [2.45, 2.75) is 6.42 Å². The Morgan fingerprint density at radius 3 is 2.53 bits per heavy atom. The monoisotopic (exact) mass is 201 g/mol. The number of azide groups is 1. The zero-order valence-corrected chi connectivity index (χ0v) is 8.21. The number of hydrogen-bond donors (Lipinski definition) is 0. The van der Waals surface area contributed by atoms with Crippen molar-refractivity contribution < 1.29 is 4.79 Å². The van der Waals surface area contributed by atoms with E-state index in [0.29, 0.717) is 12.1 Å². The largest absolute Gasteiger partial charge is 0.298 e. The van der Waals surface area contributed by atoms with Crippen molar-refractivity contribution in [3.05, 3.63) is 51.9 Å². The molecule has 0 atom stereocenters. The fourth-order valence-electron chi connectivity index (χ4n) is 1.08. The molecule has 4 heteroatoms. The number of aldehydes is 1. The first-order valence-electron chi connectivity index (χ1n) is 4.59. The summed E-state index contributed by atoms with van der Waals surface area (Å²) in [6, 6.07) is 7.27. The molecule has 0 amide bonds. The molecule has 0 fully saturated rings. The molecule has 0 aromatic heterocycles. The molecule has 1 aromatic carbocycles. The lowest BCUT2D eigenvalue weighted by molar-refractivity contribution is 0.112. The molecule has 0 aliphatic rings. The summed E-state index contributed by atoms with van der Waals surface area (Å²) in [6.45, 7) is 0.472. The van der Waals surface area contributed by atoms with E-state index in [0.717, 1.165) is 18.3 Å². The van der Waals surface area contributed by atoms with E-state index in [2.05, 4.69) is 10.0 Å². The summed E-state index contributed by atoms with van der Waals surface area (Å²) < 4.78 is 0. The van der Waals surface area contributed by atoms with Crippen LogP contribution in [0.1, 0.15) is 22.3 Å². The lowest BCUT2D eigenvalue weighted by Crippen LogP contribution is -1.79. The molecule has 1 aromatic rings. The van der Waals surface area contributed by atoms with Crippen molar-refractivity contribution in [1.82, 2.24) is 0 Å². The maximum Gasteiger partial charge on any atom is 0.150 e. The van der Waals surface area contributed by atoms with Crippen molar-refractivity contribution in [2.24, 2.45) is 5.11 Å². The van der Waals surface area contributed by atoms with Crippen LogP contribution in [0.3, 0.4) is 0 Å². The topological polar surface area (TPSA) is 65.8 Å². The average Bonchev–Trinajstić information content (AvgIpc) is 2.30. The lowest BCUT2D eigenvalue weighted by atomic mass is 10.1. The third kappa shape index (κ3) is 4.11. The van der Waals surface area contributed by atoms with Crippen molar-refractivity contribution in [1.29, 1.82) is 0 Å². The SMILES string of the molecule is [N-]=[N+]=NCCC=Cc1ccc(C=O)cc1. The van der Waals surface area contributed by atoms with Crippen LogP contribution < -0.4 is 0 Å². The third-order valence-electron chi connectivity index (χ3n) is 1.84. The minimum Gasteiger partial charge on any atom is -0.298 e. The van der Waals surface area contributed by atoms with Crippen LogP contribution in [0.25, 0.3) is 16.5 Å². The molecule has 0 saturated carbocycles. The summed E-state index contributed by atoms with van der Waals surface area (Å²) in [5.74, 6) is 0. The molecular formula is C11H11N3O. The van der Waals surface area contributed by atoms with E-state index >= 15 is 0 Å². The van der Waals surface area contributed by atoms with Gasteiger partial charge in [0.15, 0.2) is 0 Å². The van der Waals surface area contributed by atoms with Crippen LogP contribution in [0.2, 0.25) is 0 Å². The molecule has 0 bridgehead atoms. The van der Waals surface area contributed by atoms with Crippen LogP contribution in [-0.2, 0) is 0 Å². The lowest BCUT2D eigenvalue weighted by Gasteiger charge is -1.93. The van der Waals surface area contributed by atoms with Gasteiger partial charge in [-0.3, -0.25) is 4.79 Å². The van der Waals surface area contributed by atoms with Crippen molar-refractivity contribution in [3.63, 3.8) is 0 Å². The Morgan fingerprint density at radius 1 is 1.27 bits per heavy atom.